The molecule has 1 N–H and O–H groups in total. The van der Waals surface area contributed by atoms with E-state index in [4.69, 9.17) is 9.47 Å². The number of nitro groups is 1. The Balaban J connectivity index is 1.84. The Morgan fingerprint density at radius 3 is 2.61 bits per heavy atom. The molecule has 1 aromatic heterocycles. The predicted octanol–water partition coefficient (Wildman–Crippen LogP) is 4.04. The lowest BCUT2D eigenvalue weighted by molar-refractivity contribution is -0.386. The molecule has 0 unspecified atom stereocenters. The van der Waals surface area contributed by atoms with Gasteiger partial charge in [0.05, 0.1) is 23.7 Å². The second-order valence-corrected chi connectivity index (χ2v) is 5.61. The highest BCUT2D eigenvalue weighted by Crippen LogP contribution is 2.36. The van der Waals surface area contributed by atoms with Gasteiger partial charge in [-0.2, -0.15) is 8.78 Å². The summed E-state index contributed by atoms with van der Waals surface area (Å²) in [6.45, 7) is -3.64. The van der Waals surface area contributed by atoms with Gasteiger partial charge in [-0.05, 0) is 18.2 Å². The maximum Gasteiger partial charge on any atom is 0.387 e. The Kier molecular flexibility index (Phi) is 5.39. The summed E-state index contributed by atoms with van der Waals surface area (Å²) in [5, 5.41) is 12.1. The Bertz CT molecular complexity index is 1000. The second kappa shape index (κ2) is 7.91. The van der Waals surface area contributed by atoms with Gasteiger partial charge in [-0.1, -0.05) is 18.2 Å². The van der Waals surface area contributed by atoms with Gasteiger partial charge in [0.2, 0.25) is 0 Å². The maximum atomic E-state index is 12.5. The van der Waals surface area contributed by atoms with Crippen molar-refractivity contribution in [1.29, 1.82) is 0 Å². The summed E-state index contributed by atoms with van der Waals surface area (Å²) in [6, 6.07) is 10.7. The molecule has 0 aliphatic carbocycles. The molecule has 0 fully saturated rings. The van der Waals surface area contributed by atoms with Gasteiger partial charge >= 0.3 is 12.6 Å². The number of aromatic nitrogens is 1. The fraction of sp³-hybridized carbons (Fsp3) is 0.167. The van der Waals surface area contributed by atoms with Crippen molar-refractivity contribution >= 4 is 22.6 Å². The largest absolute Gasteiger partial charge is 0.493 e. The number of alkyl halides is 2. The van der Waals surface area contributed by atoms with Crippen LogP contribution in [0.4, 0.5) is 14.5 Å². The average Bonchev–Trinajstić information content (AvgIpc) is 3.10. The first-order valence-corrected chi connectivity index (χ1v) is 7.94. The number of nitrogens with zero attached hydrogens (tertiary/aromatic N) is 1. The van der Waals surface area contributed by atoms with E-state index in [1.807, 2.05) is 6.07 Å². The monoisotopic (exact) mass is 392 g/mol. The number of benzene rings is 2. The molecule has 146 valence electrons. The smallest absolute Gasteiger partial charge is 0.387 e. The summed E-state index contributed by atoms with van der Waals surface area (Å²) in [7, 11) is 1.19. The molecule has 1 heterocycles. The van der Waals surface area contributed by atoms with Crippen LogP contribution in [0, 0.1) is 10.1 Å². The van der Waals surface area contributed by atoms with Crippen LogP contribution in [0.3, 0.4) is 0 Å². The van der Waals surface area contributed by atoms with E-state index in [1.54, 1.807) is 24.3 Å². The quantitative estimate of drug-likeness (QED) is 0.370. The van der Waals surface area contributed by atoms with E-state index in [2.05, 4.69) is 9.72 Å². The average molecular weight is 392 g/mol. The standard InChI is InChI=1S/C18H14F2N2O6/c1-26-15-7-11(14(22(24)25)8-16(15)28-18(19)20)9-27-17(23)13-6-10-4-2-3-5-12(10)21-13/h2-8,18,21H,9H2,1H3. The van der Waals surface area contributed by atoms with Crippen molar-refractivity contribution < 1.29 is 32.7 Å². The lowest BCUT2D eigenvalue weighted by atomic mass is 10.1. The zero-order valence-corrected chi connectivity index (χ0v) is 14.5. The van der Waals surface area contributed by atoms with Crippen molar-refractivity contribution in [1.82, 2.24) is 4.98 Å². The lowest BCUT2D eigenvalue weighted by Crippen LogP contribution is -2.09. The van der Waals surface area contributed by atoms with Gasteiger partial charge in [0.15, 0.2) is 11.5 Å². The third-order valence-corrected chi connectivity index (χ3v) is 3.89. The zero-order valence-electron chi connectivity index (χ0n) is 14.5. The Labute approximate surface area is 156 Å². The van der Waals surface area contributed by atoms with Crippen molar-refractivity contribution in [3.63, 3.8) is 0 Å². The molecule has 10 heteroatoms. The van der Waals surface area contributed by atoms with Crippen LogP contribution < -0.4 is 9.47 Å². The first-order chi connectivity index (χ1) is 13.4. The van der Waals surface area contributed by atoms with Gasteiger partial charge in [-0.3, -0.25) is 10.1 Å². The highest BCUT2D eigenvalue weighted by atomic mass is 19.3. The van der Waals surface area contributed by atoms with Gasteiger partial charge < -0.3 is 19.2 Å². The van der Waals surface area contributed by atoms with E-state index in [9.17, 15) is 23.7 Å². The number of carbonyl (C=O) groups excluding carboxylic acids is 1. The Morgan fingerprint density at radius 2 is 1.96 bits per heavy atom. The number of aromatic amines is 1. The van der Waals surface area contributed by atoms with E-state index in [-0.39, 0.29) is 17.0 Å². The van der Waals surface area contributed by atoms with Crippen molar-refractivity contribution in [2.24, 2.45) is 0 Å². The van der Waals surface area contributed by atoms with Gasteiger partial charge in [0, 0.05) is 10.9 Å². The number of nitro benzene ring substituents is 1. The molecule has 0 aliphatic heterocycles. The summed E-state index contributed by atoms with van der Waals surface area (Å²) in [4.78, 5) is 25.6. The number of esters is 1. The first-order valence-electron chi connectivity index (χ1n) is 7.94. The number of para-hydroxylation sites is 1. The Morgan fingerprint density at radius 1 is 1.21 bits per heavy atom. The number of hydrogen-bond acceptors (Lipinski definition) is 6. The number of fused-ring (bicyclic) bond motifs is 1. The minimum absolute atomic E-state index is 0.0343. The molecule has 0 radical (unpaired) electrons. The number of carbonyl (C=O) groups is 1. The number of H-pyrrole nitrogens is 1. The van der Waals surface area contributed by atoms with Gasteiger partial charge in [0.1, 0.15) is 12.3 Å². The predicted molar refractivity (Wildman–Crippen MR) is 93.7 cm³/mol. The molecular formula is C18H14F2N2O6. The molecule has 0 bridgehead atoms. The summed E-state index contributed by atoms with van der Waals surface area (Å²) in [5.41, 5.74) is 0.331. The van der Waals surface area contributed by atoms with Crippen molar-refractivity contribution in [2.45, 2.75) is 13.2 Å². The SMILES string of the molecule is COc1cc(COC(=O)c2cc3ccccc3[nH]2)c([N+](=O)[O-])cc1OC(F)F. The molecule has 3 aromatic rings. The van der Waals surface area contributed by atoms with Gasteiger partial charge in [-0.15, -0.1) is 0 Å². The number of hydrogen-bond donors (Lipinski definition) is 1. The normalized spacial score (nSPS) is 10.9. The fourth-order valence-corrected chi connectivity index (χ4v) is 2.63. The third kappa shape index (κ3) is 4.00. The van der Waals surface area contributed by atoms with E-state index >= 15 is 0 Å². The zero-order chi connectivity index (χ0) is 20.3. The number of ether oxygens (including phenoxy) is 3. The molecule has 8 nitrogen and oxygen atoms in total. The molecule has 0 amide bonds. The van der Waals surface area contributed by atoms with Crippen LogP contribution in [0.5, 0.6) is 11.5 Å². The topological polar surface area (TPSA) is 104 Å². The summed E-state index contributed by atoms with van der Waals surface area (Å²) >= 11 is 0. The summed E-state index contributed by atoms with van der Waals surface area (Å²) < 4.78 is 39.3. The molecule has 3 rings (SSSR count). The van der Waals surface area contributed by atoms with Crippen LogP contribution in [-0.2, 0) is 11.3 Å². The van der Waals surface area contributed by atoms with Crippen LogP contribution in [0.25, 0.3) is 10.9 Å². The summed E-state index contributed by atoms with van der Waals surface area (Å²) in [6.07, 6.45) is 0. The molecular weight excluding hydrogens is 378 g/mol. The van der Waals surface area contributed by atoms with E-state index in [0.29, 0.717) is 0 Å². The van der Waals surface area contributed by atoms with Crippen molar-refractivity contribution in [3.8, 4) is 11.5 Å². The van der Waals surface area contributed by atoms with Crippen LogP contribution in [0.1, 0.15) is 16.1 Å². The highest BCUT2D eigenvalue weighted by Gasteiger charge is 2.23. The van der Waals surface area contributed by atoms with Crippen LogP contribution in [0.15, 0.2) is 42.5 Å². The molecule has 28 heavy (non-hydrogen) atoms. The van der Waals surface area contributed by atoms with Crippen molar-refractivity contribution in [3.05, 3.63) is 63.8 Å². The third-order valence-electron chi connectivity index (χ3n) is 3.89. The van der Waals surface area contributed by atoms with Crippen LogP contribution >= 0.6 is 0 Å². The molecule has 0 atom stereocenters. The number of methoxy groups -OCH3 is 1. The Hall–Kier alpha value is -3.69. The maximum absolute atomic E-state index is 12.5. The van der Waals surface area contributed by atoms with Crippen LogP contribution in [0.2, 0.25) is 0 Å². The molecule has 0 spiro atoms. The first kappa shape index (κ1) is 19.1. The highest BCUT2D eigenvalue weighted by molar-refractivity contribution is 5.94. The van der Waals surface area contributed by atoms with Gasteiger partial charge in [0.25, 0.3) is 5.69 Å². The van der Waals surface area contributed by atoms with Crippen LogP contribution in [-0.4, -0.2) is 29.6 Å². The second-order valence-electron chi connectivity index (χ2n) is 5.61. The van der Waals surface area contributed by atoms with E-state index in [0.717, 1.165) is 23.0 Å². The molecule has 0 saturated heterocycles. The minimum atomic E-state index is -3.18. The van der Waals surface area contributed by atoms with E-state index in [1.165, 1.54) is 7.11 Å². The lowest BCUT2D eigenvalue weighted by Gasteiger charge is -2.12. The fourth-order valence-electron chi connectivity index (χ4n) is 2.63. The van der Waals surface area contributed by atoms with E-state index < -0.39 is 35.5 Å². The molecule has 0 saturated carbocycles. The summed E-state index contributed by atoms with van der Waals surface area (Å²) in [5.74, 6) is -1.37. The molecule has 2 aromatic carbocycles. The van der Waals surface area contributed by atoms with Crippen molar-refractivity contribution in [2.75, 3.05) is 7.11 Å². The number of halogens is 2. The minimum Gasteiger partial charge on any atom is -0.493 e. The van der Waals surface area contributed by atoms with Gasteiger partial charge in [-0.25, -0.2) is 4.79 Å². The molecule has 0 aliphatic rings. The number of nitrogens with one attached hydrogen (secondary N) is 1. The number of rotatable bonds is 7.